The van der Waals surface area contributed by atoms with Gasteiger partial charge in [0.25, 0.3) is 0 Å². The van der Waals surface area contributed by atoms with Crippen LogP contribution >= 0.6 is 11.6 Å². The molecule has 1 spiro atoms. The lowest BCUT2D eigenvalue weighted by Crippen LogP contribution is -2.44. The number of para-hydroxylation sites is 1. The standard InChI is InChI=1S/C29H34ClN3O2S/c1-32(36(34,35)26-10-3-2-4-11-26)21-24(23-8-7-9-25(30)20-23)14-17-33-18-15-29(16-19-33)22-31-28-13-6-5-12-27(28)29/h2-13,20,24,31H,14-19,21-22H2,1H3. The highest BCUT2D eigenvalue weighted by atomic mass is 35.5. The molecular weight excluding hydrogens is 490 g/mol. The highest BCUT2D eigenvalue weighted by Gasteiger charge is 2.41. The zero-order chi connectivity index (χ0) is 25.2. The van der Waals surface area contributed by atoms with Gasteiger partial charge in [-0.05, 0) is 86.3 Å². The molecule has 0 radical (unpaired) electrons. The molecule has 2 aliphatic rings. The van der Waals surface area contributed by atoms with Crippen molar-refractivity contribution in [1.29, 1.82) is 0 Å². The lowest BCUT2D eigenvalue weighted by molar-refractivity contribution is 0.163. The number of halogens is 1. The fraction of sp³-hybridized carbons (Fsp3) is 0.379. The summed E-state index contributed by atoms with van der Waals surface area (Å²) < 4.78 is 27.9. The molecule has 0 aliphatic carbocycles. The van der Waals surface area contributed by atoms with Crippen LogP contribution in [-0.2, 0) is 15.4 Å². The van der Waals surface area contributed by atoms with E-state index < -0.39 is 10.0 Å². The number of nitrogens with one attached hydrogen (secondary N) is 1. The van der Waals surface area contributed by atoms with Gasteiger partial charge in [-0.2, -0.15) is 0 Å². The van der Waals surface area contributed by atoms with Gasteiger partial charge in [0.2, 0.25) is 10.0 Å². The average molecular weight is 524 g/mol. The molecule has 0 aromatic heterocycles. The smallest absolute Gasteiger partial charge is 0.242 e. The number of benzene rings is 3. The van der Waals surface area contributed by atoms with E-state index in [1.165, 1.54) is 15.6 Å². The topological polar surface area (TPSA) is 52.6 Å². The summed E-state index contributed by atoms with van der Waals surface area (Å²) in [5, 5.41) is 4.29. The molecule has 0 saturated carbocycles. The number of hydrogen-bond acceptors (Lipinski definition) is 4. The first-order valence-electron chi connectivity index (χ1n) is 12.7. The van der Waals surface area contributed by atoms with Crippen molar-refractivity contribution in [3.05, 3.63) is 95.0 Å². The molecule has 2 heterocycles. The molecule has 36 heavy (non-hydrogen) atoms. The van der Waals surface area contributed by atoms with Crippen molar-refractivity contribution in [2.24, 2.45) is 0 Å². The second kappa shape index (κ2) is 10.5. The predicted octanol–water partition coefficient (Wildman–Crippen LogP) is 5.59. The molecule has 0 amide bonds. The third kappa shape index (κ3) is 5.18. The van der Waals surface area contributed by atoms with Crippen molar-refractivity contribution in [3.8, 4) is 0 Å². The number of piperidine rings is 1. The van der Waals surface area contributed by atoms with E-state index in [1.54, 1.807) is 31.3 Å². The number of anilines is 1. The Morgan fingerprint density at radius 3 is 2.47 bits per heavy atom. The Balaban J connectivity index is 1.26. The zero-order valence-electron chi connectivity index (χ0n) is 20.7. The average Bonchev–Trinajstić information content (AvgIpc) is 3.26. The van der Waals surface area contributed by atoms with Crippen LogP contribution in [0.15, 0.2) is 83.8 Å². The predicted molar refractivity (Wildman–Crippen MR) is 147 cm³/mol. The molecule has 5 rings (SSSR count). The maximum atomic E-state index is 13.2. The maximum absolute atomic E-state index is 13.2. The molecule has 1 atom stereocenters. The Bertz CT molecular complexity index is 1290. The zero-order valence-corrected chi connectivity index (χ0v) is 22.3. The lowest BCUT2D eigenvalue weighted by Gasteiger charge is -2.40. The van der Waals surface area contributed by atoms with Gasteiger partial charge in [-0.1, -0.05) is 60.1 Å². The van der Waals surface area contributed by atoms with Gasteiger partial charge in [0.05, 0.1) is 4.90 Å². The Labute approximate surface area is 220 Å². The fourth-order valence-corrected chi connectivity index (χ4v) is 7.19. The van der Waals surface area contributed by atoms with E-state index in [-0.39, 0.29) is 11.3 Å². The van der Waals surface area contributed by atoms with E-state index in [2.05, 4.69) is 40.5 Å². The number of nitrogens with zero attached hydrogens (tertiary/aromatic N) is 2. The van der Waals surface area contributed by atoms with Gasteiger partial charge < -0.3 is 10.2 Å². The Kier molecular flexibility index (Phi) is 7.40. The van der Waals surface area contributed by atoms with Gasteiger partial charge in [-0.25, -0.2) is 12.7 Å². The van der Waals surface area contributed by atoms with Gasteiger partial charge >= 0.3 is 0 Å². The second-order valence-corrected chi connectivity index (χ2v) is 12.6. The van der Waals surface area contributed by atoms with Crippen molar-refractivity contribution >= 4 is 27.3 Å². The van der Waals surface area contributed by atoms with Crippen LogP contribution < -0.4 is 5.32 Å². The summed E-state index contributed by atoms with van der Waals surface area (Å²) in [4.78, 5) is 2.86. The third-order valence-electron chi connectivity index (χ3n) is 7.97. The normalized spacial score (nSPS) is 18.2. The highest BCUT2D eigenvalue weighted by molar-refractivity contribution is 7.89. The summed E-state index contributed by atoms with van der Waals surface area (Å²) in [5.74, 6) is 0.0527. The molecule has 3 aromatic rings. The van der Waals surface area contributed by atoms with Crippen molar-refractivity contribution in [2.75, 3.05) is 45.1 Å². The van der Waals surface area contributed by atoms with E-state index in [0.29, 0.717) is 16.5 Å². The largest absolute Gasteiger partial charge is 0.384 e. The number of hydrogen-bond donors (Lipinski definition) is 1. The first kappa shape index (κ1) is 25.3. The third-order valence-corrected chi connectivity index (χ3v) is 10.0. The van der Waals surface area contributed by atoms with Crippen molar-refractivity contribution in [3.63, 3.8) is 0 Å². The van der Waals surface area contributed by atoms with E-state index in [1.807, 2.05) is 24.3 Å². The van der Waals surface area contributed by atoms with E-state index in [0.717, 1.165) is 51.0 Å². The van der Waals surface area contributed by atoms with E-state index in [4.69, 9.17) is 11.6 Å². The fourth-order valence-electron chi connectivity index (χ4n) is 5.75. The Morgan fingerprint density at radius 1 is 1.00 bits per heavy atom. The molecule has 1 saturated heterocycles. The monoisotopic (exact) mass is 523 g/mol. The maximum Gasteiger partial charge on any atom is 0.242 e. The van der Waals surface area contributed by atoms with Gasteiger partial charge in [-0.3, -0.25) is 0 Å². The summed E-state index contributed by atoms with van der Waals surface area (Å²) >= 11 is 6.32. The minimum atomic E-state index is -3.56. The number of likely N-dealkylation sites (tertiary alicyclic amines) is 1. The van der Waals surface area contributed by atoms with Crippen LogP contribution in [0.25, 0.3) is 0 Å². The second-order valence-electron chi connectivity index (χ2n) is 10.2. The van der Waals surface area contributed by atoms with Crippen LogP contribution in [0, 0.1) is 0 Å². The Hall–Kier alpha value is -2.38. The van der Waals surface area contributed by atoms with Crippen molar-refractivity contribution in [2.45, 2.75) is 35.5 Å². The molecule has 3 aromatic carbocycles. The summed E-state index contributed by atoms with van der Waals surface area (Å²) in [7, 11) is -1.88. The minimum Gasteiger partial charge on any atom is -0.384 e. The summed E-state index contributed by atoms with van der Waals surface area (Å²) in [6.45, 7) is 4.47. The molecule has 0 bridgehead atoms. The van der Waals surface area contributed by atoms with Crippen LogP contribution in [-0.4, -0.2) is 57.4 Å². The summed E-state index contributed by atoms with van der Waals surface area (Å²) in [5.41, 5.74) is 4.08. The van der Waals surface area contributed by atoms with E-state index in [9.17, 15) is 8.42 Å². The van der Waals surface area contributed by atoms with Crippen molar-refractivity contribution < 1.29 is 8.42 Å². The first-order chi connectivity index (χ1) is 17.4. The number of rotatable bonds is 8. The first-order valence-corrected chi connectivity index (χ1v) is 14.5. The molecule has 7 heteroatoms. The SMILES string of the molecule is CN(CC(CCN1CCC2(CC1)CNc1ccccc12)c1cccc(Cl)c1)S(=O)(=O)c1ccccc1. The molecule has 5 nitrogen and oxygen atoms in total. The van der Waals surface area contributed by atoms with Crippen LogP contribution in [0.5, 0.6) is 0 Å². The molecule has 1 fully saturated rings. The molecule has 1 N–H and O–H groups in total. The highest BCUT2D eigenvalue weighted by Crippen LogP contribution is 2.44. The summed E-state index contributed by atoms with van der Waals surface area (Å²) in [6.07, 6.45) is 3.15. The quantitative estimate of drug-likeness (QED) is 0.418. The molecule has 2 aliphatic heterocycles. The van der Waals surface area contributed by atoms with Gasteiger partial charge in [0.15, 0.2) is 0 Å². The van der Waals surface area contributed by atoms with Gasteiger partial charge in [0.1, 0.15) is 0 Å². The molecular formula is C29H34ClN3O2S. The number of sulfonamides is 1. The van der Waals surface area contributed by atoms with Crippen LogP contribution in [0.4, 0.5) is 5.69 Å². The van der Waals surface area contributed by atoms with Crippen LogP contribution in [0.2, 0.25) is 5.02 Å². The van der Waals surface area contributed by atoms with Gasteiger partial charge in [0, 0.05) is 36.3 Å². The molecule has 190 valence electrons. The summed E-state index contributed by atoms with van der Waals surface area (Å²) in [6, 6.07) is 25.2. The van der Waals surface area contributed by atoms with Gasteiger partial charge in [-0.15, -0.1) is 0 Å². The number of fused-ring (bicyclic) bond motifs is 2. The van der Waals surface area contributed by atoms with Crippen LogP contribution in [0.3, 0.4) is 0 Å². The van der Waals surface area contributed by atoms with E-state index >= 15 is 0 Å². The number of likely N-dealkylation sites (N-methyl/N-ethyl adjacent to an activating group) is 1. The minimum absolute atomic E-state index is 0.0527. The van der Waals surface area contributed by atoms with Crippen molar-refractivity contribution in [1.82, 2.24) is 9.21 Å². The molecule has 1 unspecified atom stereocenters. The van der Waals surface area contributed by atoms with Crippen LogP contribution in [0.1, 0.15) is 36.3 Å². The lowest BCUT2D eigenvalue weighted by atomic mass is 9.74. The Morgan fingerprint density at radius 2 is 1.72 bits per heavy atom.